The first kappa shape index (κ1) is 16.1. The lowest BCUT2D eigenvalue weighted by atomic mass is 9.97. The molecule has 1 aliphatic heterocycles. The van der Waals surface area contributed by atoms with Crippen molar-refractivity contribution in [3.63, 3.8) is 0 Å². The molecule has 1 saturated carbocycles. The van der Waals surface area contributed by atoms with Crippen LogP contribution in [-0.4, -0.2) is 28.9 Å². The van der Waals surface area contributed by atoms with E-state index in [4.69, 9.17) is 4.98 Å². The predicted octanol–water partition coefficient (Wildman–Crippen LogP) is 4.97. The van der Waals surface area contributed by atoms with Gasteiger partial charge in [-0.15, -0.1) is 11.3 Å². The Morgan fingerprint density at radius 1 is 1.17 bits per heavy atom. The summed E-state index contributed by atoms with van der Waals surface area (Å²) in [5.74, 6) is 1.60. The van der Waals surface area contributed by atoms with E-state index < -0.39 is 0 Å². The molecule has 1 atom stereocenters. The maximum absolute atomic E-state index is 12.6. The number of rotatable bonds is 4. The van der Waals surface area contributed by atoms with Gasteiger partial charge in [-0.2, -0.15) is 0 Å². The average molecular weight is 343 g/mol. The second-order valence-corrected chi connectivity index (χ2v) is 8.45. The Kier molecular flexibility index (Phi) is 4.83. The van der Waals surface area contributed by atoms with Crippen LogP contribution in [0.25, 0.3) is 10.2 Å². The van der Waals surface area contributed by atoms with Gasteiger partial charge in [-0.3, -0.25) is 4.79 Å². The minimum atomic E-state index is 0.368. The molecular weight excluding hydrogens is 316 g/mol. The highest BCUT2D eigenvalue weighted by atomic mass is 32.1. The Morgan fingerprint density at radius 3 is 2.83 bits per heavy atom. The van der Waals surface area contributed by atoms with Crippen LogP contribution in [0.4, 0.5) is 0 Å². The van der Waals surface area contributed by atoms with Crippen molar-refractivity contribution in [2.24, 2.45) is 5.92 Å². The molecule has 0 N–H and O–H groups in total. The number of benzene rings is 1. The van der Waals surface area contributed by atoms with Crippen molar-refractivity contribution in [1.82, 2.24) is 9.88 Å². The molecule has 3 nitrogen and oxygen atoms in total. The molecule has 128 valence electrons. The summed E-state index contributed by atoms with van der Waals surface area (Å²) in [5, 5.41) is 1.21. The molecule has 1 aromatic carbocycles. The highest BCUT2D eigenvalue weighted by molar-refractivity contribution is 7.18. The molecule has 2 heterocycles. The quantitative estimate of drug-likeness (QED) is 0.786. The van der Waals surface area contributed by atoms with Crippen LogP contribution in [0.1, 0.15) is 62.3 Å². The second-order valence-electron chi connectivity index (χ2n) is 7.39. The number of hydrogen-bond donors (Lipinski definition) is 0. The molecule has 0 radical (unpaired) electrons. The van der Waals surface area contributed by atoms with Crippen molar-refractivity contribution in [2.45, 2.75) is 57.3 Å². The van der Waals surface area contributed by atoms with Crippen molar-refractivity contribution in [3.8, 4) is 0 Å². The molecule has 2 aromatic rings. The van der Waals surface area contributed by atoms with Gasteiger partial charge < -0.3 is 4.90 Å². The summed E-state index contributed by atoms with van der Waals surface area (Å²) < 4.78 is 1.26. The monoisotopic (exact) mass is 342 g/mol. The van der Waals surface area contributed by atoms with E-state index >= 15 is 0 Å². The van der Waals surface area contributed by atoms with Crippen LogP contribution in [-0.2, 0) is 4.79 Å². The number of aromatic nitrogens is 1. The fourth-order valence-electron chi connectivity index (χ4n) is 4.25. The molecule has 2 aliphatic rings. The van der Waals surface area contributed by atoms with Crippen LogP contribution in [0.2, 0.25) is 0 Å². The Balaban J connectivity index is 1.38. The van der Waals surface area contributed by atoms with Gasteiger partial charge >= 0.3 is 0 Å². The second kappa shape index (κ2) is 7.22. The lowest BCUT2D eigenvalue weighted by molar-refractivity contribution is -0.132. The zero-order valence-electron chi connectivity index (χ0n) is 14.2. The minimum absolute atomic E-state index is 0.368. The van der Waals surface area contributed by atoms with Crippen LogP contribution in [0.3, 0.4) is 0 Å². The Bertz CT molecular complexity index is 671. The summed E-state index contributed by atoms with van der Waals surface area (Å²) in [7, 11) is 0. The van der Waals surface area contributed by atoms with Crippen molar-refractivity contribution >= 4 is 27.5 Å². The van der Waals surface area contributed by atoms with E-state index in [-0.39, 0.29) is 0 Å². The number of nitrogens with zero attached hydrogens (tertiary/aromatic N) is 2. The van der Waals surface area contributed by atoms with Gasteiger partial charge in [-0.1, -0.05) is 37.8 Å². The number of likely N-dealkylation sites (tertiary alicyclic amines) is 1. The number of amides is 1. The summed E-state index contributed by atoms with van der Waals surface area (Å²) >= 11 is 1.80. The molecule has 0 bridgehead atoms. The minimum Gasteiger partial charge on any atom is -0.342 e. The standard InChI is InChI=1S/C20H26N2OS/c23-19(12-11-15-6-1-2-7-15)22-13-5-8-16(14-22)20-21-17-9-3-4-10-18(17)24-20/h3-4,9-10,15-16H,1-2,5-8,11-14H2/t16-/m1/s1. The molecule has 1 amide bonds. The van der Waals surface area contributed by atoms with Gasteiger partial charge in [-0.25, -0.2) is 4.98 Å². The fourth-order valence-corrected chi connectivity index (χ4v) is 5.35. The molecule has 1 aromatic heterocycles. The largest absolute Gasteiger partial charge is 0.342 e. The lowest BCUT2D eigenvalue weighted by Gasteiger charge is -2.32. The van der Waals surface area contributed by atoms with E-state index in [0.29, 0.717) is 11.8 Å². The number of para-hydroxylation sites is 1. The van der Waals surface area contributed by atoms with Gasteiger partial charge in [0.15, 0.2) is 0 Å². The van der Waals surface area contributed by atoms with E-state index in [1.54, 1.807) is 11.3 Å². The normalized spacial score (nSPS) is 22.3. The van der Waals surface area contributed by atoms with Crippen LogP contribution < -0.4 is 0 Å². The van der Waals surface area contributed by atoms with Crippen molar-refractivity contribution < 1.29 is 4.79 Å². The Hall–Kier alpha value is -1.42. The number of carbonyl (C=O) groups is 1. The third-order valence-electron chi connectivity index (χ3n) is 5.67. The third-order valence-corrected chi connectivity index (χ3v) is 6.87. The van der Waals surface area contributed by atoms with E-state index in [0.717, 1.165) is 50.2 Å². The van der Waals surface area contributed by atoms with E-state index in [9.17, 15) is 4.79 Å². The van der Waals surface area contributed by atoms with Gasteiger partial charge in [0, 0.05) is 25.4 Å². The molecule has 1 saturated heterocycles. The highest BCUT2D eigenvalue weighted by Gasteiger charge is 2.27. The van der Waals surface area contributed by atoms with Crippen molar-refractivity contribution in [3.05, 3.63) is 29.3 Å². The molecule has 0 spiro atoms. The maximum atomic E-state index is 12.6. The van der Waals surface area contributed by atoms with Crippen molar-refractivity contribution in [1.29, 1.82) is 0 Å². The third kappa shape index (κ3) is 3.49. The first-order chi connectivity index (χ1) is 11.8. The zero-order valence-corrected chi connectivity index (χ0v) is 15.1. The van der Waals surface area contributed by atoms with Gasteiger partial charge in [0.2, 0.25) is 5.91 Å². The topological polar surface area (TPSA) is 33.2 Å². The number of fused-ring (bicyclic) bond motifs is 1. The van der Waals surface area contributed by atoms with Crippen LogP contribution in [0.5, 0.6) is 0 Å². The molecular formula is C20H26N2OS. The SMILES string of the molecule is O=C(CCC1CCCC1)N1CCC[C@@H](c2nc3ccccc3s2)C1. The first-order valence-electron chi connectivity index (χ1n) is 9.43. The number of piperidine rings is 1. The molecule has 4 heteroatoms. The number of thiazole rings is 1. The number of carbonyl (C=O) groups excluding carboxylic acids is 1. The average Bonchev–Trinajstić information content (AvgIpc) is 3.29. The van der Waals surface area contributed by atoms with E-state index in [2.05, 4.69) is 23.1 Å². The maximum Gasteiger partial charge on any atom is 0.222 e. The molecule has 24 heavy (non-hydrogen) atoms. The first-order valence-corrected chi connectivity index (χ1v) is 10.2. The fraction of sp³-hybridized carbons (Fsp3) is 0.600. The summed E-state index contributed by atoms with van der Waals surface area (Å²) in [6.07, 6.45) is 9.51. The molecule has 1 aliphatic carbocycles. The summed E-state index contributed by atoms with van der Waals surface area (Å²) in [5.41, 5.74) is 1.10. The van der Waals surface area contributed by atoms with Crippen LogP contribution in [0.15, 0.2) is 24.3 Å². The summed E-state index contributed by atoms with van der Waals surface area (Å²) in [6, 6.07) is 8.35. The molecule has 2 fully saturated rings. The van der Waals surface area contributed by atoms with Gasteiger partial charge in [0.1, 0.15) is 0 Å². The summed E-state index contributed by atoms with van der Waals surface area (Å²) in [6.45, 7) is 1.80. The lowest BCUT2D eigenvalue weighted by Crippen LogP contribution is -2.39. The van der Waals surface area contributed by atoms with E-state index in [1.165, 1.54) is 35.4 Å². The Morgan fingerprint density at radius 2 is 2.00 bits per heavy atom. The van der Waals surface area contributed by atoms with Crippen molar-refractivity contribution in [2.75, 3.05) is 13.1 Å². The number of hydrogen-bond acceptors (Lipinski definition) is 3. The zero-order chi connectivity index (χ0) is 16.4. The van der Waals surface area contributed by atoms with Gasteiger partial charge in [-0.05, 0) is 37.3 Å². The van der Waals surface area contributed by atoms with Crippen LogP contribution >= 0.6 is 11.3 Å². The molecule has 4 rings (SSSR count). The smallest absolute Gasteiger partial charge is 0.222 e. The Labute approximate surface area is 148 Å². The van der Waals surface area contributed by atoms with Gasteiger partial charge in [0.25, 0.3) is 0 Å². The predicted molar refractivity (Wildman–Crippen MR) is 99.4 cm³/mol. The van der Waals surface area contributed by atoms with E-state index in [1.807, 2.05) is 6.07 Å². The van der Waals surface area contributed by atoms with Gasteiger partial charge in [0.05, 0.1) is 15.2 Å². The van der Waals surface area contributed by atoms with Crippen LogP contribution in [0, 0.1) is 5.92 Å². The molecule has 0 unspecified atom stereocenters. The highest BCUT2D eigenvalue weighted by Crippen LogP contribution is 2.34. The summed E-state index contributed by atoms with van der Waals surface area (Å²) in [4.78, 5) is 19.5.